The molecule has 0 saturated heterocycles. The summed E-state index contributed by atoms with van der Waals surface area (Å²) in [4.78, 5) is 10.9. The van der Waals surface area contributed by atoms with Gasteiger partial charge in [-0.1, -0.05) is 0 Å². The van der Waals surface area contributed by atoms with Crippen molar-refractivity contribution in [3.05, 3.63) is 24.0 Å². The molecule has 0 heterocycles. The van der Waals surface area contributed by atoms with Gasteiger partial charge in [-0.05, 0) is 32.0 Å². The van der Waals surface area contributed by atoms with E-state index >= 15 is 0 Å². The summed E-state index contributed by atoms with van der Waals surface area (Å²) in [6.45, 7) is 5.66. The third kappa shape index (κ3) is 4.82. The molecule has 0 bridgehead atoms. The smallest absolute Gasteiger partial charge is 0.221 e. The van der Waals surface area contributed by atoms with E-state index in [9.17, 15) is 9.18 Å². The first kappa shape index (κ1) is 13.4. The predicted octanol–water partition coefficient (Wildman–Crippen LogP) is 1.93. The first-order chi connectivity index (χ1) is 7.78. The molecule has 4 N–H and O–H groups in total. The van der Waals surface area contributed by atoms with E-state index < -0.39 is 5.82 Å². The zero-order valence-corrected chi connectivity index (χ0v) is 10.3. The third-order valence-corrected chi connectivity index (χ3v) is 2.03. The van der Waals surface area contributed by atoms with Crippen LogP contribution in [-0.2, 0) is 4.79 Å². The van der Waals surface area contributed by atoms with Gasteiger partial charge in [0.25, 0.3) is 0 Å². The van der Waals surface area contributed by atoms with Crippen molar-refractivity contribution in [2.75, 3.05) is 17.2 Å². The Kier molecular flexibility index (Phi) is 4.07. The van der Waals surface area contributed by atoms with E-state index in [0.29, 0.717) is 12.2 Å². The van der Waals surface area contributed by atoms with Gasteiger partial charge in [-0.3, -0.25) is 4.79 Å². The number of benzene rings is 1. The highest BCUT2D eigenvalue weighted by atomic mass is 19.1. The fourth-order valence-electron chi connectivity index (χ4n) is 1.25. The number of nitrogens with two attached hydrogens (primary N) is 1. The van der Waals surface area contributed by atoms with Crippen molar-refractivity contribution in [3.8, 4) is 0 Å². The average molecular weight is 239 g/mol. The summed E-state index contributed by atoms with van der Waals surface area (Å²) in [6, 6.07) is 4.45. The van der Waals surface area contributed by atoms with Crippen LogP contribution in [0.3, 0.4) is 0 Å². The second-order valence-electron chi connectivity index (χ2n) is 4.72. The van der Waals surface area contributed by atoms with Crippen LogP contribution in [0.2, 0.25) is 0 Å². The Bertz CT molecular complexity index is 413. The van der Waals surface area contributed by atoms with Crippen LogP contribution in [0.15, 0.2) is 18.2 Å². The summed E-state index contributed by atoms with van der Waals surface area (Å²) in [7, 11) is 0. The molecule has 17 heavy (non-hydrogen) atoms. The predicted molar refractivity (Wildman–Crippen MR) is 67.5 cm³/mol. The van der Waals surface area contributed by atoms with Crippen LogP contribution in [0.25, 0.3) is 0 Å². The molecule has 0 radical (unpaired) electrons. The largest absolute Gasteiger partial charge is 0.383 e. The molecule has 1 aromatic carbocycles. The lowest BCUT2D eigenvalue weighted by atomic mass is 10.1. The fraction of sp³-hybridized carbons (Fsp3) is 0.417. The molecular weight excluding hydrogens is 221 g/mol. The van der Waals surface area contributed by atoms with Crippen LogP contribution in [0.1, 0.15) is 20.8 Å². The van der Waals surface area contributed by atoms with Crippen molar-refractivity contribution in [1.82, 2.24) is 0 Å². The van der Waals surface area contributed by atoms with E-state index in [4.69, 9.17) is 5.73 Å². The minimum atomic E-state index is -0.460. The number of carbonyl (C=O) groups excluding carboxylic acids is 1. The first-order valence-corrected chi connectivity index (χ1v) is 5.38. The van der Waals surface area contributed by atoms with Gasteiger partial charge < -0.3 is 16.4 Å². The molecule has 1 aromatic rings. The summed E-state index contributed by atoms with van der Waals surface area (Å²) in [6.07, 6.45) is 0. The van der Waals surface area contributed by atoms with Gasteiger partial charge in [0.1, 0.15) is 5.82 Å². The van der Waals surface area contributed by atoms with Gasteiger partial charge in [0.15, 0.2) is 0 Å². The van der Waals surface area contributed by atoms with Crippen molar-refractivity contribution in [2.45, 2.75) is 26.3 Å². The molecule has 0 fully saturated rings. The number of carbonyl (C=O) groups is 1. The lowest BCUT2D eigenvalue weighted by Gasteiger charge is -2.20. The Morgan fingerprint density at radius 3 is 2.65 bits per heavy atom. The molecule has 0 spiro atoms. The number of halogens is 1. The molecule has 0 unspecified atom stereocenters. The lowest BCUT2D eigenvalue weighted by molar-refractivity contribution is -0.114. The Morgan fingerprint density at radius 1 is 1.47 bits per heavy atom. The molecular formula is C12H18FN3O. The van der Waals surface area contributed by atoms with Crippen molar-refractivity contribution >= 4 is 17.3 Å². The molecule has 0 aliphatic heterocycles. The molecule has 0 aromatic heterocycles. The van der Waals surface area contributed by atoms with Crippen molar-refractivity contribution < 1.29 is 9.18 Å². The Hall–Kier alpha value is -1.62. The summed E-state index contributed by atoms with van der Waals surface area (Å²) in [5.74, 6) is -0.766. The highest BCUT2D eigenvalue weighted by Crippen LogP contribution is 2.19. The molecule has 5 heteroatoms. The van der Waals surface area contributed by atoms with Gasteiger partial charge >= 0.3 is 0 Å². The maximum Gasteiger partial charge on any atom is 0.221 e. The van der Waals surface area contributed by atoms with E-state index in [1.165, 1.54) is 13.0 Å². The number of hydrogen-bond donors (Lipinski definition) is 3. The van der Waals surface area contributed by atoms with Gasteiger partial charge in [0.05, 0.1) is 5.69 Å². The molecule has 4 nitrogen and oxygen atoms in total. The van der Waals surface area contributed by atoms with Crippen molar-refractivity contribution in [2.24, 2.45) is 5.73 Å². The molecule has 0 atom stereocenters. The van der Waals surface area contributed by atoms with Crippen LogP contribution < -0.4 is 16.4 Å². The van der Waals surface area contributed by atoms with E-state index in [0.717, 1.165) is 0 Å². The van der Waals surface area contributed by atoms with Gasteiger partial charge in [-0.25, -0.2) is 4.39 Å². The van der Waals surface area contributed by atoms with E-state index in [1.807, 2.05) is 13.8 Å². The SMILES string of the molecule is CC(=O)Nc1cc(NCC(C)(C)N)ccc1F. The van der Waals surface area contributed by atoms with Crippen molar-refractivity contribution in [3.63, 3.8) is 0 Å². The normalized spacial score (nSPS) is 11.1. The second kappa shape index (κ2) is 5.14. The number of amides is 1. The quantitative estimate of drug-likeness (QED) is 0.752. The Morgan fingerprint density at radius 2 is 2.12 bits per heavy atom. The van der Waals surface area contributed by atoms with Crippen LogP contribution >= 0.6 is 0 Å². The van der Waals surface area contributed by atoms with Crippen LogP contribution in [0.4, 0.5) is 15.8 Å². The molecule has 0 aliphatic carbocycles. The average Bonchev–Trinajstić information content (AvgIpc) is 2.17. The number of rotatable bonds is 4. The summed E-state index contributed by atoms with van der Waals surface area (Å²) < 4.78 is 13.3. The number of hydrogen-bond acceptors (Lipinski definition) is 3. The minimum Gasteiger partial charge on any atom is -0.383 e. The van der Waals surface area contributed by atoms with Gasteiger partial charge in [-0.2, -0.15) is 0 Å². The highest BCUT2D eigenvalue weighted by Gasteiger charge is 2.11. The van der Waals surface area contributed by atoms with E-state index in [2.05, 4.69) is 10.6 Å². The zero-order chi connectivity index (χ0) is 13.1. The number of nitrogens with one attached hydrogen (secondary N) is 2. The lowest BCUT2D eigenvalue weighted by Crippen LogP contribution is -2.39. The standard InChI is InChI=1S/C12H18FN3O/c1-8(17)16-11-6-9(4-5-10(11)13)15-7-12(2,3)14/h4-6,15H,7,14H2,1-3H3,(H,16,17). The fourth-order valence-corrected chi connectivity index (χ4v) is 1.25. The van der Waals surface area contributed by atoms with Gasteiger partial charge in [0, 0.05) is 24.7 Å². The minimum absolute atomic E-state index is 0.164. The van der Waals surface area contributed by atoms with E-state index in [-0.39, 0.29) is 17.1 Å². The van der Waals surface area contributed by atoms with Gasteiger partial charge in [-0.15, -0.1) is 0 Å². The third-order valence-electron chi connectivity index (χ3n) is 2.03. The van der Waals surface area contributed by atoms with Gasteiger partial charge in [0.2, 0.25) is 5.91 Å². The van der Waals surface area contributed by atoms with E-state index in [1.54, 1.807) is 12.1 Å². The second-order valence-corrected chi connectivity index (χ2v) is 4.72. The summed E-state index contributed by atoms with van der Waals surface area (Å²) in [5, 5.41) is 5.51. The maximum absolute atomic E-state index is 13.3. The first-order valence-electron chi connectivity index (χ1n) is 5.38. The monoisotopic (exact) mass is 239 g/mol. The summed E-state index contributed by atoms with van der Waals surface area (Å²) in [5.41, 5.74) is 6.35. The highest BCUT2D eigenvalue weighted by molar-refractivity contribution is 5.89. The molecule has 0 saturated carbocycles. The van der Waals surface area contributed by atoms with Crippen LogP contribution in [0, 0.1) is 5.82 Å². The molecule has 1 amide bonds. The molecule has 94 valence electrons. The van der Waals surface area contributed by atoms with Crippen LogP contribution in [-0.4, -0.2) is 18.0 Å². The Balaban J connectivity index is 2.78. The number of anilines is 2. The Labute approximate surface area is 100 Å². The topological polar surface area (TPSA) is 67.2 Å². The molecule has 0 aliphatic rings. The van der Waals surface area contributed by atoms with Crippen molar-refractivity contribution in [1.29, 1.82) is 0 Å². The maximum atomic E-state index is 13.3. The van der Waals surface area contributed by atoms with Crippen LogP contribution in [0.5, 0.6) is 0 Å². The zero-order valence-electron chi connectivity index (χ0n) is 10.3. The molecule has 1 rings (SSSR count). The summed E-state index contributed by atoms with van der Waals surface area (Å²) >= 11 is 0.